The minimum Gasteiger partial charge on any atom is -0.469 e. The third-order valence-electron chi connectivity index (χ3n) is 3.37. The summed E-state index contributed by atoms with van der Waals surface area (Å²) < 4.78 is 9.77. The molecule has 1 aromatic heterocycles. The summed E-state index contributed by atoms with van der Waals surface area (Å²) in [5.41, 5.74) is 0.158. The van der Waals surface area contributed by atoms with Crippen LogP contribution in [0.25, 0.3) is 10.9 Å². The Kier molecular flexibility index (Phi) is 5.78. The van der Waals surface area contributed by atoms with Crippen LogP contribution in [0.3, 0.4) is 0 Å². The van der Waals surface area contributed by atoms with Crippen LogP contribution in [-0.4, -0.2) is 29.0 Å². The summed E-state index contributed by atoms with van der Waals surface area (Å²) >= 11 is 0. The number of pyridine rings is 1. The number of rotatable bonds is 7. The summed E-state index contributed by atoms with van der Waals surface area (Å²) in [6.45, 7) is 0. The van der Waals surface area contributed by atoms with Crippen molar-refractivity contribution < 1.29 is 24.0 Å². The molecule has 2 aromatic rings. The molecule has 0 amide bonds. The number of nitro groups is 1. The van der Waals surface area contributed by atoms with E-state index in [9.17, 15) is 19.7 Å². The Balaban J connectivity index is 2.05. The Morgan fingerprint density at radius 2 is 1.88 bits per heavy atom. The summed E-state index contributed by atoms with van der Waals surface area (Å²) in [5, 5.41) is 11.3. The van der Waals surface area contributed by atoms with E-state index in [1.807, 2.05) is 0 Å². The fourth-order valence-electron chi connectivity index (χ4n) is 2.19. The number of esters is 2. The molecule has 2 rings (SSSR count). The molecule has 0 N–H and O–H groups in total. The maximum absolute atomic E-state index is 11.9. The van der Waals surface area contributed by atoms with Gasteiger partial charge in [-0.3, -0.25) is 24.7 Å². The number of carbonyl (C=O) groups excluding carboxylic acids is 2. The zero-order chi connectivity index (χ0) is 17.5. The zero-order valence-corrected chi connectivity index (χ0v) is 13.1. The van der Waals surface area contributed by atoms with Crippen molar-refractivity contribution in [1.29, 1.82) is 0 Å². The topological polar surface area (TPSA) is 109 Å². The Morgan fingerprint density at radius 3 is 2.54 bits per heavy atom. The van der Waals surface area contributed by atoms with Crippen LogP contribution in [0.5, 0.6) is 5.75 Å². The van der Waals surface area contributed by atoms with E-state index < -0.39 is 10.9 Å². The molecule has 0 aliphatic rings. The van der Waals surface area contributed by atoms with Crippen LogP contribution in [-0.2, 0) is 14.3 Å². The lowest BCUT2D eigenvalue weighted by atomic mass is 10.1. The number of methoxy groups -OCH3 is 1. The van der Waals surface area contributed by atoms with Gasteiger partial charge in [-0.15, -0.1) is 0 Å². The molecule has 0 aliphatic heterocycles. The molecule has 0 fully saturated rings. The lowest BCUT2D eigenvalue weighted by Gasteiger charge is -2.07. The highest BCUT2D eigenvalue weighted by Crippen LogP contribution is 2.31. The third-order valence-corrected chi connectivity index (χ3v) is 3.37. The van der Waals surface area contributed by atoms with E-state index >= 15 is 0 Å². The summed E-state index contributed by atoms with van der Waals surface area (Å²) in [5.74, 6) is -0.635. The first-order chi connectivity index (χ1) is 11.5. The number of carbonyl (C=O) groups is 2. The van der Waals surface area contributed by atoms with Gasteiger partial charge >= 0.3 is 11.9 Å². The minimum atomic E-state index is -0.511. The molecule has 0 saturated heterocycles. The van der Waals surface area contributed by atoms with Gasteiger partial charge in [-0.25, -0.2) is 0 Å². The van der Waals surface area contributed by atoms with Crippen molar-refractivity contribution in [2.24, 2.45) is 0 Å². The number of unbranched alkanes of at least 4 members (excludes halogenated alkanes) is 1. The molecule has 24 heavy (non-hydrogen) atoms. The van der Waals surface area contributed by atoms with Crippen molar-refractivity contribution in [3.63, 3.8) is 0 Å². The van der Waals surface area contributed by atoms with Crippen molar-refractivity contribution in [2.75, 3.05) is 7.11 Å². The van der Waals surface area contributed by atoms with Gasteiger partial charge < -0.3 is 9.47 Å². The van der Waals surface area contributed by atoms with Crippen LogP contribution in [0.1, 0.15) is 25.7 Å². The number of nitrogens with zero attached hydrogens (tertiary/aromatic N) is 2. The predicted molar refractivity (Wildman–Crippen MR) is 84.5 cm³/mol. The summed E-state index contributed by atoms with van der Waals surface area (Å²) in [6.07, 6.45) is 2.83. The SMILES string of the molecule is COC(=O)CCCCC(=O)Oc1ccc([N+](=O)[O-])c2cccnc12. The van der Waals surface area contributed by atoms with Gasteiger partial charge in [-0.1, -0.05) is 0 Å². The van der Waals surface area contributed by atoms with E-state index in [0.717, 1.165) is 0 Å². The van der Waals surface area contributed by atoms with Gasteiger partial charge in [0.05, 0.1) is 17.4 Å². The average molecular weight is 332 g/mol. The second kappa shape index (κ2) is 8.00. The number of nitro benzene ring substituents is 1. The Morgan fingerprint density at radius 1 is 1.17 bits per heavy atom. The van der Waals surface area contributed by atoms with E-state index in [2.05, 4.69) is 9.72 Å². The van der Waals surface area contributed by atoms with Gasteiger partial charge in [0.25, 0.3) is 5.69 Å². The number of hydrogen-bond acceptors (Lipinski definition) is 7. The first-order valence-electron chi connectivity index (χ1n) is 7.32. The van der Waals surface area contributed by atoms with Gasteiger partial charge in [0.1, 0.15) is 5.52 Å². The van der Waals surface area contributed by atoms with E-state index in [4.69, 9.17) is 4.74 Å². The second-order valence-electron chi connectivity index (χ2n) is 5.00. The molecule has 0 saturated carbocycles. The normalized spacial score (nSPS) is 10.4. The molecule has 8 heteroatoms. The third kappa shape index (κ3) is 4.25. The number of fused-ring (bicyclic) bond motifs is 1. The smallest absolute Gasteiger partial charge is 0.311 e. The molecule has 126 valence electrons. The van der Waals surface area contributed by atoms with Crippen LogP contribution >= 0.6 is 0 Å². The maximum Gasteiger partial charge on any atom is 0.311 e. The molecule has 0 bridgehead atoms. The molecule has 8 nitrogen and oxygen atoms in total. The van der Waals surface area contributed by atoms with Crippen molar-refractivity contribution in [3.8, 4) is 5.75 Å². The average Bonchev–Trinajstić information content (AvgIpc) is 2.58. The highest BCUT2D eigenvalue weighted by molar-refractivity contribution is 5.93. The van der Waals surface area contributed by atoms with Crippen LogP contribution in [0.15, 0.2) is 30.5 Å². The molecular weight excluding hydrogens is 316 g/mol. The van der Waals surface area contributed by atoms with E-state index in [1.54, 1.807) is 12.1 Å². The van der Waals surface area contributed by atoms with E-state index in [-0.39, 0.29) is 35.8 Å². The van der Waals surface area contributed by atoms with Gasteiger partial charge in [-0.05, 0) is 31.0 Å². The van der Waals surface area contributed by atoms with Gasteiger partial charge in [0.2, 0.25) is 0 Å². The monoisotopic (exact) mass is 332 g/mol. The minimum absolute atomic E-state index is 0.101. The molecule has 0 atom stereocenters. The highest BCUT2D eigenvalue weighted by Gasteiger charge is 2.17. The molecule has 1 aromatic carbocycles. The van der Waals surface area contributed by atoms with Crippen molar-refractivity contribution in [2.45, 2.75) is 25.7 Å². The van der Waals surface area contributed by atoms with Crippen molar-refractivity contribution in [1.82, 2.24) is 4.98 Å². The first-order valence-corrected chi connectivity index (χ1v) is 7.32. The molecule has 1 heterocycles. The van der Waals surface area contributed by atoms with Crippen LogP contribution in [0, 0.1) is 10.1 Å². The van der Waals surface area contributed by atoms with Crippen LogP contribution in [0.2, 0.25) is 0 Å². The van der Waals surface area contributed by atoms with Gasteiger partial charge in [0, 0.05) is 25.1 Å². The maximum atomic E-state index is 11.9. The molecule has 0 aliphatic carbocycles. The molecular formula is C16H16N2O6. The summed E-state index contributed by atoms with van der Waals surface area (Å²) in [6, 6.07) is 5.77. The summed E-state index contributed by atoms with van der Waals surface area (Å²) in [7, 11) is 1.31. The highest BCUT2D eigenvalue weighted by atomic mass is 16.6. The Bertz CT molecular complexity index is 774. The van der Waals surface area contributed by atoms with Crippen LogP contribution < -0.4 is 4.74 Å². The van der Waals surface area contributed by atoms with E-state index in [0.29, 0.717) is 18.2 Å². The number of non-ortho nitro benzene ring substituents is 1. The lowest BCUT2D eigenvalue weighted by molar-refractivity contribution is -0.383. The number of aromatic nitrogens is 1. The van der Waals surface area contributed by atoms with Gasteiger partial charge in [-0.2, -0.15) is 0 Å². The number of ether oxygens (including phenoxy) is 2. The Hall–Kier alpha value is -3.03. The van der Waals surface area contributed by atoms with E-state index in [1.165, 1.54) is 25.4 Å². The van der Waals surface area contributed by atoms with Gasteiger partial charge in [0.15, 0.2) is 5.75 Å². The van der Waals surface area contributed by atoms with Crippen molar-refractivity contribution >= 4 is 28.5 Å². The fraction of sp³-hybridized carbons (Fsp3) is 0.312. The van der Waals surface area contributed by atoms with Crippen LogP contribution in [0.4, 0.5) is 5.69 Å². The van der Waals surface area contributed by atoms with Crippen molar-refractivity contribution in [3.05, 3.63) is 40.6 Å². The summed E-state index contributed by atoms with van der Waals surface area (Å²) in [4.78, 5) is 37.5. The Labute approximate surface area is 137 Å². The quantitative estimate of drug-likeness (QED) is 0.252. The largest absolute Gasteiger partial charge is 0.469 e. The molecule has 0 unspecified atom stereocenters. The number of benzene rings is 1. The zero-order valence-electron chi connectivity index (χ0n) is 13.1. The second-order valence-corrected chi connectivity index (χ2v) is 5.00. The lowest BCUT2D eigenvalue weighted by Crippen LogP contribution is -2.09. The number of hydrogen-bond donors (Lipinski definition) is 0. The fourth-order valence-corrected chi connectivity index (χ4v) is 2.19. The predicted octanol–water partition coefficient (Wildman–Crippen LogP) is 2.78. The standard InChI is InChI=1S/C16H16N2O6/c1-23-14(19)6-2-3-7-15(20)24-13-9-8-12(18(21)22)11-5-4-10-17-16(11)13/h4-5,8-10H,2-3,6-7H2,1H3. The first kappa shape index (κ1) is 17.3. The molecule has 0 spiro atoms. The molecule has 0 radical (unpaired) electrons.